The molecule has 106 valence electrons. The van der Waals surface area contributed by atoms with Gasteiger partial charge in [0.2, 0.25) is 0 Å². The molecule has 2 nitrogen and oxygen atoms in total. The van der Waals surface area contributed by atoms with Gasteiger partial charge in [0.1, 0.15) is 5.82 Å². The average Bonchev–Trinajstić information content (AvgIpc) is 2.35. The molecule has 1 atom stereocenters. The Balaban J connectivity index is 2.37. The molecule has 19 heavy (non-hydrogen) atoms. The highest BCUT2D eigenvalue weighted by molar-refractivity contribution is 14.1. The van der Waals surface area contributed by atoms with Crippen LogP contribution in [0.2, 0.25) is 0 Å². The van der Waals surface area contributed by atoms with Crippen molar-refractivity contribution in [3.8, 4) is 0 Å². The number of nitrogens with zero attached hydrogens (tertiary/aromatic N) is 2. The maximum absolute atomic E-state index is 14.6. The second kappa shape index (κ2) is 5.57. The maximum atomic E-state index is 14.6. The number of halogens is 4. The summed E-state index contributed by atoms with van der Waals surface area (Å²) in [5.74, 6) is -4.01. The molecule has 0 radical (unpaired) electrons. The molecule has 1 aromatic carbocycles. The van der Waals surface area contributed by atoms with Gasteiger partial charge in [0.15, 0.2) is 0 Å². The van der Waals surface area contributed by atoms with Crippen LogP contribution in [0, 0.1) is 9.39 Å². The van der Waals surface area contributed by atoms with E-state index < -0.39 is 23.3 Å². The van der Waals surface area contributed by atoms with E-state index in [0.717, 1.165) is 6.54 Å². The summed E-state index contributed by atoms with van der Waals surface area (Å²) >= 11 is 1.74. The first-order valence-electron chi connectivity index (χ1n) is 6.05. The molecule has 0 N–H and O–H groups in total. The van der Waals surface area contributed by atoms with Crippen molar-refractivity contribution in [1.82, 2.24) is 9.80 Å². The van der Waals surface area contributed by atoms with Gasteiger partial charge in [-0.1, -0.05) is 6.07 Å². The van der Waals surface area contributed by atoms with Gasteiger partial charge in [0.05, 0.1) is 11.6 Å². The van der Waals surface area contributed by atoms with E-state index in [1.54, 1.807) is 41.6 Å². The number of alkyl halides is 2. The molecule has 1 heterocycles. The van der Waals surface area contributed by atoms with E-state index in [0.29, 0.717) is 6.54 Å². The van der Waals surface area contributed by atoms with Crippen molar-refractivity contribution >= 4 is 22.6 Å². The number of hydrogen-bond donors (Lipinski definition) is 0. The summed E-state index contributed by atoms with van der Waals surface area (Å²) in [6, 6.07) is 3.14. The van der Waals surface area contributed by atoms with Gasteiger partial charge in [-0.15, -0.1) is 0 Å². The van der Waals surface area contributed by atoms with Gasteiger partial charge in [0.25, 0.3) is 5.92 Å². The maximum Gasteiger partial charge on any atom is 0.292 e. The van der Waals surface area contributed by atoms with E-state index in [1.165, 1.54) is 18.2 Å². The Kier molecular flexibility index (Phi) is 4.42. The molecular formula is C13H16F3IN2. The molecule has 1 aliphatic rings. The highest BCUT2D eigenvalue weighted by Crippen LogP contribution is 2.38. The Labute approximate surface area is 124 Å². The second-order valence-corrected chi connectivity index (χ2v) is 6.15. The summed E-state index contributed by atoms with van der Waals surface area (Å²) < 4.78 is 43.4. The van der Waals surface area contributed by atoms with Crippen LogP contribution in [-0.4, -0.2) is 49.6 Å². The van der Waals surface area contributed by atoms with Crippen LogP contribution in [0.15, 0.2) is 18.2 Å². The van der Waals surface area contributed by atoms with Crippen molar-refractivity contribution in [2.24, 2.45) is 0 Å². The zero-order chi connectivity index (χ0) is 14.2. The van der Waals surface area contributed by atoms with Gasteiger partial charge >= 0.3 is 0 Å². The van der Waals surface area contributed by atoms with Crippen molar-refractivity contribution < 1.29 is 13.2 Å². The van der Waals surface area contributed by atoms with Crippen molar-refractivity contribution in [3.05, 3.63) is 33.1 Å². The van der Waals surface area contributed by atoms with Crippen LogP contribution >= 0.6 is 22.6 Å². The lowest BCUT2D eigenvalue weighted by atomic mass is 9.97. The SMILES string of the molecule is CN1CCN(C)C(C(F)(F)c2cccc(I)c2F)C1. The third kappa shape index (κ3) is 2.90. The van der Waals surface area contributed by atoms with Crippen LogP contribution in [0.3, 0.4) is 0 Å². The van der Waals surface area contributed by atoms with Gasteiger partial charge in [-0.3, -0.25) is 4.90 Å². The molecule has 1 unspecified atom stereocenters. The molecule has 0 aliphatic carbocycles. The van der Waals surface area contributed by atoms with Crippen LogP contribution in [0.5, 0.6) is 0 Å². The third-order valence-corrected chi connectivity index (χ3v) is 4.41. The molecule has 1 aliphatic heterocycles. The molecular weight excluding hydrogens is 368 g/mol. The highest BCUT2D eigenvalue weighted by atomic mass is 127. The number of piperazine rings is 1. The lowest BCUT2D eigenvalue weighted by Crippen LogP contribution is -2.56. The quantitative estimate of drug-likeness (QED) is 0.724. The Morgan fingerprint density at radius 2 is 1.95 bits per heavy atom. The molecule has 0 bridgehead atoms. The predicted molar refractivity (Wildman–Crippen MR) is 76.9 cm³/mol. The summed E-state index contributed by atoms with van der Waals surface area (Å²) in [5, 5.41) is 0. The van der Waals surface area contributed by atoms with E-state index in [-0.39, 0.29) is 10.1 Å². The van der Waals surface area contributed by atoms with Crippen LogP contribution in [-0.2, 0) is 5.92 Å². The number of benzene rings is 1. The predicted octanol–water partition coefficient (Wildman–Crippen LogP) is 2.77. The molecule has 1 fully saturated rings. The normalized spacial score (nSPS) is 22.7. The smallest absolute Gasteiger partial charge is 0.292 e. The van der Waals surface area contributed by atoms with Crippen LogP contribution in [0.25, 0.3) is 0 Å². The van der Waals surface area contributed by atoms with Crippen molar-refractivity contribution in [1.29, 1.82) is 0 Å². The monoisotopic (exact) mass is 384 g/mol. The van der Waals surface area contributed by atoms with E-state index in [2.05, 4.69) is 0 Å². The summed E-state index contributed by atoms with van der Waals surface area (Å²) in [6.07, 6.45) is 0. The Morgan fingerprint density at radius 3 is 2.63 bits per heavy atom. The molecule has 0 spiro atoms. The van der Waals surface area contributed by atoms with Crippen LogP contribution in [0.1, 0.15) is 5.56 Å². The van der Waals surface area contributed by atoms with Crippen LogP contribution in [0.4, 0.5) is 13.2 Å². The van der Waals surface area contributed by atoms with Gasteiger partial charge in [-0.25, -0.2) is 4.39 Å². The molecule has 2 rings (SSSR count). The van der Waals surface area contributed by atoms with Gasteiger partial charge in [0, 0.05) is 23.2 Å². The standard InChI is InChI=1S/C13H16F3IN2/c1-18-6-7-19(2)11(8-18)13(15,16)9-4-3-5-10(17)12(9)14/h3-5,11H,6-8H2,1-2H3. The van der Waals surface area contributed by atoms with E-state index >= 15 is 0 Å². The minimum atomic E-state index is -3.20. The second-order valence-electron chi connectivity index (χ2n) is 4.98. The minimum Gasteiger partial charge on any atom is -0.303 e. The van der Waals surface area contributed by atoms with Crippen molar-refractivity contribution in [3.63, 3.8) is 0 Å². The molecule has 1 aromatic rings. The summed E-state index contributed by atoms with van der Waals surface area (Å²) in [6.45, 7) is 1.54. The Bertz CT molecular complexity index is 467. The van der Waals surface area contributed by atoms with Crippen molar-refractivity contribution in [2.75, 3.05) is 33.7 Å². The largest absolute Gasteiger partial charge is 0.303 e. The van der Waals surface area contributed by atoms with Gasteiger partial charge in [-0.05, 0) is 48.8 Å². The lowest BCUT2D eigenvalue weighted by molar-refractivity contribution is -0.106. The molecule has 6 heteroatoms. The fourth-order valence-corrected chi connectivity index (χ4v) is 2.84. The number of rotatable bonds is 2. The van der Waals surface area contributed by atoms with Gasteiger partial charge in [-0.2, -0.15) is 8.78 Å². The van der Waals surface area contributed by atoms with Crippen molar-refractivity contribution in [2.45, 2.75) is 12.0 Å². The third-order valence-electron chi connectivity index (χ3n) is 3.58. The summed E-state index contributed by atoms with van der Waals surface area (Å²) in [7, 11) is 3.47. The highest BCUT2D eigenvalue weighted by Gasteiger charge is 2.47. The van der Waals surface area contributed by atoms with Crippen LogP contribution < -0.4 is 0 Å². The zero-order valence-electron chi connectivity index (χ0n) is 10.8. The number of likely N-dealkylation sites (N-methyl/N-ethyl adjacent to an activating group) is 2. The van der Waals surface area contributed by atoms with Gasteiger partial charge < -0.3 is 4.90 Å². The molecule has 0 amide bonds. The first-order valence-corrected chi connectivity index (χ1v) is 7.13. The Hall–Kier alpha value is -0.340. The lowest BCUT2D eigenvalue weighted by Gasteiger charge is -2.41. The molecule has 0 saturated carbocycles. The Morgan fingerprint density at radius 1 is 1.26 bits per heavy atom. The average molecular weight is 384 g/mol. The fourth-order valence-electron chi connectivity index (χ4n) is 2.34. The first-order chi connectivity index (χ1) is 8.84. The summed E-state index contributed by atoms with van der Waals surface area (Å²) in [5.41, 5.74) is -0.508. The fraction of sp³-hybridized carbons (Fsp3) is 0.538. The van der Waals surface area contributed by atoms with E-state index in [9.17, 15) is 13.2 Å². The van der Waals surface area contributed by atoms with E-state index in [4.69, 9.17) is 0 Å². The first kappa shape index (κ1) is 15.1. The molecule has 0 aromatic heterocycles. The summed E-state index contributed by atoms with van der Waals surface area (Å²) in [4.78, 5) is 3.46. The van der Waals surface area contributed by atoms with E-state index in [1.807, 2.05) is 4.90 Å². The number of hydrogen-bond acceptors (Lipinski definition) is 2. The molecule has 1 saturated heterocycles. The minimum absolute atomic E-state index is 0.224. The topological polar surface area (TPSA) is 6.48 Å². The zero-order valence-corrected chi connectivity index (χ0v) is 13.0.